The van der Waals surface area contributed by atoms with Crippen molar-refractivity contribution in [1.82, 2.24) is 0 Å². The van der Waals surface area contributed by atoms with Crippen LogP contribution >= 0.6 is 0 Å². The molecule has 0 bridgehead atoms. The number of rotatable bonds is 0. The number of nitrogens with zero attached hydrogens (tertiary/aromatic N) is 1. The van der Waals surface area contributed by atoms with E-state index in [0.717, 1.165) is 0 Å². The normalized spacial score (nSPS) is 2.40. The largest absolute Gasteiger partial charge is 0.412 e. The van der Waals surface area contributed by atoms with Crippen molar-refractivity contribution in [2.75, 3.05) is 0 Å². The van der Waals surface area contributed by atoms with Crippen LogP contribution in [0, 0.1) is 40.5 Å². The molecule has 5 heavy (non-hydrogen) atoms. The van der Waals surface area contributed by atoms with Crippen molar-refractivity contribution in [2.24, 2.45) is 5.34 Å². The maximum Gasteiger partial charge on any atom is 0.152 e. The summed E-state index contributed by atoms with van der Waals surface area (Å²) in [6, 6.07) is 0. The molecular weight excluding hydrogens is 201 g/mol. The molecule has 3 N–H and O–H groups in total. The van der Waals surface area contributed by atoms with Crippen molar-refractivity contribution in [1.29, 1.82) is 0 Å². The zero-order valence-electron chi connectivity index (χ0n) is 2.38. The molecule has 0 aromatic rings. The van der Waals surface area contributed by atoms with Crippen LogP contribution in [0.2, 0.25) is 0 Å². The molecule has 0 amide bonds. The van der Waals surface area contributed by atoms with Gasteiger partial charge in [0.25, 0.3) is 0 Å². The fraction of sp³-hybridized carbons (Fsp3) is 0. The number of hydrogen-bond donors (Lipinski definition) is 1. The second kappa shape index (κ2) is 23.8. The summed E-state index contributed by atoms with van der Waals surface area (Å²) in [5.74, 6) is 0. The molecule has 0 saturated carbocycles. The van der Waals surface area contributed by atoms with E-state index in [9.17, 15) is 0 Å². The Morgan fingerprint density at radius 3 is 1.60 bits per heavy atom. The van der Waals surface area contributed by atoms with E-state index in [1.165, 1.54) is 5.34 Å². The Labute approximate surface area is 56.4 Å². The minimum absolute atomic E-state index is 0. The zero-order chi connectivity index (χ0) is 2.71. The minimum Gasteiger partial charge on any atom is -0.412 e. The molecule has 0 aliphatic rings. The summed E-state index contributed by atoms with van der Waals surface area (Å²) in [5.41, 5.74) is 0. The second-order valence-electron chi connectivity index (χ2n) is 0.0816. The fourth-order valence-corrected chi connectivity index (χ4v) is 0. The summed E-state index contributed by atoms with van der Waals surface area (Å²) < 4.78 is 0. The Bertz CT molecular complexity index is 14.4. The van der Waals surface area contributed by atoms with Crippen LogP contribution in [0.1, 0.15) is 0 Å². The molecule has 0 fully saturated rings. The Morgan fingerprint density at radius 2 is 1.60 bits per heavy atom. The van der Waals surface area contributed by atoms with Gasteiger partial charge >= 0.3 is 0 Å². The third kappa shape index (κ3) is 96.6. The van der Waals surface area contributed by atoms with E-state index in [1.54, 1.807) is 0 Å². The summed E-state index contributed by atoms with van der Waals surface area (Å²) >= 11 is 0. The maximum absolute atomic E-state index is 8.11. The van der Waals surface area contributed by atoms with Crippen LogP contribution < -0.4 is 0 Å². The first kappa shape index (κ1) is 17.7. The van der Waals surface area contributed by atoms with Crippen molar-refractivity contribution in [3.63, 3.8) is 0 Å². The van der Waals surface area contributed by atoms with Crippen LogP contribution in [0.25, 0.3) is 0 Å². The van der Waals surface area contributed by atoms with Gasteiger partial charge in [-0.3, -0.25) is 0 Å². The molecule has 0 aromatic carbocycles. The molecule has 0 heterocycles. The van der Waals surface area contributed by atoms with Crippen LogP contribution in [0.4, 0.5) is 0 Å². The van der Waals surface area contributed by atoms with Crippen molar-refractivity contribution in [3.05, 3.63) is 4.91 Å². The molecule has 0 aromatic heterocycles. The predicted molar refractivity (Wildman–Crippen MR) is 11.2 cm³/mol. The molecule has 0 rings (SSSR count). The summed E-state index contributed by atoms with van der Waals surface area (Å²) in [6.45, 7) is 0. The molecule has 0 atom stereocenters. The van der Waals surface area contributed by atoms with Gasteiger partial charge in [-0.15, -0.1) is 4.91 Å². The quantitative estimate of drug-likeness (QED) is 0.418. The van der Waals surface area contributed by atoms with Gasteiger partial charge in [0, 0.05) is 35.6 Å². The fourth-order valence-electron chi connectivity index (χ4n) is 0. The Morgan fingerprint density at radius 1 is 1.60 bits per heavy atom. The Hall–Kier alpha value is 0.555. The van der Waals surface area contributed by atoms with Crippen LogP contribution in [0.15, 0.2) is 5.34 Å². The average Bonchev–Trinajstić information content (AvgIpc) is 0.918. The van der Waals surface area contributed by atoms with Crippen LogP contribution in [-0.4, -0.2) is 10.7 Å². The first-order valence-corrected chi connectivity index (χ1v) is 0.383. The predicted octanol–water partition coefficient (Wildman–Crippen LogP) is -0.683. The molecule has 0 spiro atoms. The average molecular weight is 204 g/mol. The van der Waals surface area contributed by atoms with Gasteiger partial charge in [-0.25, -0.2) is 0 Å². The first-order chi connectivity index (χ1) is 1.41. The zero-order valence-corrected chi connectivity index (χ0v) is 6.01. The van der Waals surface area contributed by atoms with Gasteiger partial charge < -0.3 is 10.7 Å². The number of hydrogen-bond acceptors (Lipinski definition) is 2. The third-order valence-corrected chi connectivity index (χ3v) is 0. The van der Waals surface area contributed by atoms with E-state index in [4.69, 9.17) is 10.1 Å². The van der Waals surface area contributed by atoms with Crippen molar-refractivity contribution in [2.45, 2.75) is 0 Å². The van der Waals surface area contributed by atoms with Crippen molar-refractivity contribution < 1.29 is 46.3 Å². The van der Waals surface area contributed by atoms with Gasteiger partial charge in [-0.2, -0.15) is 0 Å². The van der Waals surface area contributed by atoms with E-state index in [0.29, 0.717) is 0 Å². The van der Waals surface area contributed by atoms with Gasteiger partial charge in [0.05, 0.1) is 0 Å². The van der Waals surface area contributed by atoms with Gasteiger partial charge in [0.2, 0.25) is 0 Å². The molecule has 29 valence electrons. The van der Waals surface area contributed by atoms with Crippen molar-refractivity contribution >= 4 is 0 Å². The van der Waals surface area contributed by atoms with Crippen LogP contribution in [0.3, 0.4) is 0 Å². The Kier molecular flexibility index (Phi) is 84.1. The molecule has 4 nitrogen and oxygen atoms in total. The van der Waals surface area contributed by atoms with Crippen molar-refractivity contribution in [3.8, 4) is 0 Å². The van der Waals surface area contributed by atoms with Gasteiger partial charge in [0.15, 0.2) is 5.34 Å². The monoisotopic (exact) mass is 204 g/mol. The van der Waals surface area contributed by atoms with Crippen LogP contribution in [0.5, 0.6) is 0 Å². The first-order valence-electron chi connectivity index (χ1n) is 0.383. The minimum atomic E-state index is 0. The molecule has 0 aliphatic carbocycles. The SMILES string of the molecule is O.O=NO.[La]. The third-order valence-electron chi connectivity index (χ3n) is 0. The molecule has 0 saturated heterocycles. The molecule has 1 radical (unpaired) electrons. The summed E-state index contributed by atoms with van der Waals surface area (Å²) in [6.07, 6.45) is 0. The molecule has 0 aliphatic heterocycles. The van der Waals surface area contributed by atoms with E-state index in [2.05, 4.69) is 0 Å². The van der Waals surface area contributed by atoms with Gasteiger partial charge in [0.1, 0.15) is 0 Å². The standard InChI is InChI=1S/La.HNO2.H2O/c;2-1-3;/h;(H,2,3);1H2. The molecular formula is H3LaNO3. The molecule has 5 heteroatoms. The topological polar surface area (TPSA) is 81.2 Å². The smallest absolute Gasteiger partial charge is 0.152 e. The second-order valence-corrected chi connectivity index (χ2v) is 0.0816. The summed E-state index contributed by atoms with van der Waals surface area (Å²) in [7, 11) is 0. The molecule has 0 unspecified atom stereocenters. The van der Waals surface area contributed by atoms with E-state index in [1.807, 2.05) is 0 Å². The van der Waals surface area contributed by atoms with E-state index < -0.39 is 0 Å². The van der Waals surface area contributed by atoms with Gasteiger partial charge in [-0.05, 0) is 0 Å². The summed E-state index contributed by atoms with van der Waals surface area (Å²) in [4.78, 5) is 8.11. The Balaban J connectivity index is -0.0000000200. The van der Waals surface area contributed by atoms with Gasteiger partial charge in [-0.1, -0.05) is 0 Å². The summed E-state index contributed by atoms with van der Waals surface area (Å²) in [5, 5.41) is 7.89. The maximum atomic E-state index is 8.11. The van der Waals surface area contributed by atoms with Crippen LogP contribution in [-0.2, 0) is 0 Å². The van der Waals surface area contributed by atoms with E-state index >= 15 is 0 Å². The van der Waals surface area contributed by atoms with E-state index in [-0.39, 0.29) is 41.1 Å².